The predicted octanol–water partition coefficient (Wildman–Crippen LogP) is 5.20. The number of rotatable bonds is 9. The topological polar surface area (TPSA) is 104 Å². The van der Waals surface area contributed by atoms with Gasteiger partial charge >= 0.3 is 6.03 Å². The third-order valence-corrected chi connectivity index (χ3v) is 7.93. The standard InChI is InChI=1S/C33H34N4O5/c1-20(2)42-18-8-17-34-31(38)24-10-5-7-12-27(24)37-32(39)28-19-25-23-9-4-6-11-26(23)35-29(25)30(36(28)33(37)40)21-13-15-22(41-3)16-14-21/h4-7,9-16,20,28,30,35H,8,17-19H2,1-3H3,(H,34,38)/t28-,30+/m0/s1. The lowest BCUT2D eigenvalue weighted by Gasteiger charge is -2.36. The van der Waals surface area contributed by atoms with Crippen molar-refractivity contribution in [1.29, 1.82) is 0 Å². The van der Waals surface area contributed by atoms with Gasteiger partial charge in [-0.3, -0.25) is 14.5 Å². The van der Waals surface area contributed by atoms with E-state index >= 15 is 0 Å². The number of hydrogen-bond acceptors (Lipinski definition) is 5. The van der Waals surface area contributed by atoms with Crippen molar-refractivity contribution in [3.05, 3.63) is 95.2 Å². The number of fused-ring (bicyclic) bond motifs is 4. The molecule has 0 saturated carbocycles. The summed E-state index contributed by atoms with van der Waals surface area (Å²) in [5.74, 6) is 0.00713. The molecule has 4 aromatic rings. The van der Waals surface area contributed by atoms with Crippen LogP contribution >= 0.6 is 0 Å². The van der Waals surface area contributed by atoms with Crippen molar-refractivity contribution >= 4 is 34.4 Å². The molecule has 3 heterocycles. The van der Waals surface area contributed by atoms with E-state index in [1.54, 1.807) is 36.3 Å². The van der Waals surface area contributed by atoms with Crippen LogP contribution in [0.3, 0.4) is 0 Å². The van der Waals surface area contributed by atoms with Crippen molar-refractivity contribution in [2.45, 2.75) is 44.9 Å². The lowest BCUT2D eigenvalue weighted by atomic mass is 9.89. The molecular formula is C33H34N4O5. The third kappa shape index (κ3) is 4.79. The fraction of sp³-hybridized carbons (Fsp3) is 0.303. The molecule has 6 rings (SSSR count). The number of urea groups is 1. The number of aromatic amines is 1. The number of carbonyl (C=O) groups excluding carboxylic acids is 3. The molecule has 9 nitrogen and oxygen atoms in total. The molecule has 0 bridgehead atoms. The van der Waals surface area contributed by atoms with E-state index in [1.165, 1.54) is 4.90 Å². The van der Waals surface area contributed by atoms with E-state index in [4.69, 9.17) is 9.47 Å². The highest BCUT2D eigenvalue weighted by molar-refractivity contribution is 6.24. The molecule has 2 aliphatic heterocycles. The molecule has 0 unspecified atom stereocenters. The van der Waals surface area contributed by atoms with Crippen LogP contribution in [0.2, 0.25) is 0 Å². The number of H-pyrrole nitrogens is 1. The number of nitrogens with one attached hydrogen (secondary N) is 2. The van der Waals surface area contributed by atoms with Crippen LogP contribution in [0, 0.1) is 0 Å². The molecule has 1 saturated heterocycles. The first kappa shape index (κ1) is 27.5. The molecule has 42 heavy (non-hydrogen) atoms. The summed E-state index contributed by atoms with van der Waals surface area (Å²) in [5, 5.41) is 3.94. The van der Waals surface area contributed by atoms with E-state index in [9.17, 15) is 14.4 Å². The summed E-state index contributed by atoms with van der Waals surface area (Å²) in [4.78, 5) is 48.0. The van der Waals surface area contributed by atoms with Crippen LogP contribution in [0.4, 0.5) is 10.5 Å². The summed E-state index contributed by atoms with van der Waals surface area (Å²) in [5.41, 5.74) is 4.26. The molecule has 0 radical (unpaired) electrons. The van der Waals surface area contributed by atoms with Gasteiger partial charge in [-0.05, 0) is 61.7 Å². The number of ether oxygens (including phenoxy) is 2. The summed E-state index contributed by atoms with van der Waals surface area (Å²) >= 11 is 0. The maximum Gasteiger partial charge on any atom is 0.332 e. The Hall–Kier alpha value is -4.63. The summed E-state index contributed by atoms with van der Waals surface area (Å²) in [7, 11) is 1.61. The highest BCUT2D eigenvalue weighted by Crippen LogP contribution is 2.45. The number of imide groups is 1. The van der Waals surface area contributed by atoms with Gasteiger partial charge in [0.15, 0.2) is 0 Å². The molecule has 2 atom stereocenters. The second-order valence-corrected chi connectivity index (χ2v) is 10.9. The minimum atomic E-state index is -0.722. The minimum Gasteiger partial charge on any atom is -0.497 e. The van der Waals surface area contributed by atoms with Crippen LogP contribution in [0.25, 0.3) is 10.9 Å². The first-order valence-electron chi connectivity index (χ1n) is 14.3. The van der Waals surface area contributed by atoms with E-state index in [2.05, 4.69) is 10.3 Å². The zero-order chi connectivity index (χ0) is 29.4. The molecular weight excluding hydrogens is 532 g/mol. The number of methoxy groups -OCH3 is 1. The molecule has 0 aliphatic carbocycles. The van der Waals surface area contributed by atoms with Crippen LogP contribution in [-0.4, -0.2) is 60.1 Å². The summed E-state index contributed by atoms with van der Waals surface area (Å²) in [6.07, 6.45) is 1.14. The molecule has 1 fully saturated rings. The first-order valence-corrected chi connectivity index (χ1v) is 14.3. The number of amides is 4. The van der Waals surface area contributed by atoms with E-state index in [-0.39, 0.29) is 29.2 Å². The van der Waals surface area contributed by atoms with Gasteiger partial charge in [0.1, 0.15) is 17.8 Å². The Labute approximate surface area is 244 Å². The van der Waals surface area contributed by atoms with Crippen LogP contribution in [0.1, 0.15) is 53.5 Å². The highest BCUT2D eigenvalue weighted by Gasteiger charge is 2.53. The molecule has 2 N–H and O–H groups in total. The smallest absolute Gasteiger partial charge is 0.332 e. The maximum atomic E-state index is 14.3. The molecule has 0 spiro atoms. The Kier molecular flexibility index (Phi) is 7.43. The van der Waals surface area contributed by atoms with Gasteiger partial charge in [0.25, 0.3) is 11.8 Å². The summed E-state index contributed by atoms with van der Waals surface area (Å²) in [6.45, 7) is 4.87. The number of aromatic nitrogens is 1. The Bertz CT molecular complexity index is 1640. The molecule has 9 heteroatoms. The van der Waals surface area contributed by atoms with Crippen LogP contribution < -0.4 is 15.0 Å². The predicted molar refractivity (Wildman–Crippen MR) is 160 cm³/mol. The zero-order valence-corrected chi connectivity index (χ0v) is 23.9. The van der Waals surface area contributed by atoms with Crippen LogP contribution in [0.5, 0.6) is 5.75 Å². The lowest BCUT2D eigenvalue weighted by Crippen LogP contribution is -2.44. The fourth-order valence-electron chi connectivity index (χ4n) is 5.98. The summed E-state index contributed by atoms with van der Waals surface area (Å²) < 4.78 is 10.9. The van der Waals surface area contributed by atoms with Crippen molar-refractivity contribution in [3.8, 4) is 5.75 Å². The average Bonchev–Trinajstić information content (AvgIpc) is 3.49. The Balaban J connectivity index is 1.36. The highest BCUT2D eigenvalue weighted by atomic mass is 16.5. The van der Waals surface area contributed by atoms with Crippen LogP contribution in [0.15, 0.2) is 72.8 Å². The van der Waals surface area contributed by atoms with Gasteiger partial charge < -0.3 is 19.8 Å². The van der Waals surface area contributed by atoms with Gasteiger partial charge in [-0.15, -0.1) is 0 Å². The van der Waals surface area contributed by atoms with Gasteiger partial charge in [-0.25, -0.2) is 9.69 Å². The fourth-order valence-corrected chi connectivity index (χ4v) is 5.98. The number of anilines is 1. The second-order valence-electron chi connectivity index (χ2n) is 10.9. The Morgan fingerprint density at radius 1 is 1.02 bits per heavy atom. The molecule has 4 amide bonds. The molecule has 3 aromatic carbocycles. The number of hydrogen-bond donors (Lipinski definition) is 2. The SMILES string of the molecule is COc1ccc([C@@H]2c3[nH]c4ccccc4c3C[C@H]3C(=O)N(c4ccccc4C(=O)NCCCOC(C)C)C(=O)N23)cc1. The lowest BCUT2D eigenvalue weighted by molar-refractivity contribution is -0.120. The average molecular weight is 567 g/mol. The van der Waals surface area contributed by atoms with Gasteiger partial charge in [-0.2, -0.15) is 0 Å². The van der Waals surface area contributed by atoms with E-state index in [0.717, 1.165) is 27.7 Å². The number of para-hydroxylation sites is 2. The van der Waals surface area contributed by atoms with E-state index in [1.807, 2.05) is 62.4 Å². The number of nitrogens with zero attached hydrogens (tertiary/aromatic N) is 2. The van der Waals surface area contributed by atoms with Crippen molar-refractivity contribution in [2.24, 2.45) is 0 Å². The molecule has 2 aliphatic rings. The quantitative estimate of drug-likeness (QED) is 0.214. The normalized spacial score (nSPS) is 18.0. The zero-order valence-electron chi connectivity index (χ0n) is 23.9. The van der Waals surface area contributed by atoms with Crippen molar-refractivity contribution in [3.63, 3.8) is 0 Å². The molecule has 216 valence electrons. The van der Waals surface area contributed by atoms with Gasteiger partial charge in [0.05, 0.1) is 24.5 Å². The number of carbonyl (C=O) groups is 3. The number of benzene rings is 3. The van der Waals surface area contributed by atoms with Crippen LogP contribution in [-0.2, 0) is 16.0 Å². The summed E-state index contributed by atoms with van der Waals surface area (Å²) in [6, 6.07) is 20.6. The van der Waals surface area contributed by atoms with Gasteiger partial charge in [0.2, 0.25) is 0 Å². The second kappa shape index (κ2) is 11.3. The Morgan fingerprint density at radius 2 is 1.76 bits per heavy atom. The van der Waals surface area contributed by atoms with Gasteiger partial charge in [-0.1, -0.05) is 42.5 Å². The van der Waals surface area contributed by atoms with E-state index < -0.39 is 18.1 Å². The monoisotopic (exact) mass is 566 g/mol. The van der Waals surface area contributed by atoms with Crippen molar-refractivity contribution < 1.29 is 23.9 Å². The first-order chi connectivity index (χ1) is 20.4. The van der Waals surface area contributed by atoms with E-state index in [0.29, 0.717) is 31.7 Å². The van der Waals surface area contributed by atoms with Crippen molar-refractivity contribution in [2.75, 3.05) is 25.2 Å². The van der Waals surface area contributed by atoms with Crippen molar-refractivity contribution in [1.82, 2.24) is 15.2 Å². The third-order valence-electron chi connectivity index (χ3n) is 7.93. The largest absolute Gasteiger partial charge is 0.497 e. The molecule has 1 aromatic heterocycles. The van der Waals surface area contributed by atoms with Gasteiger partial charge in [0, 0.05) is 36.2 Å². The Morgan fingerprint density at radius 3 is 2.52 bits per heavy atom. The maximum absolute atomic E-state index is 14.3. The minimum absolute atomic E-state index is 0.119.